The van der Waals surface area contributed by atoms with Crippen molar-refractivity contribution >= 4 is 35.2 Å². The van der Waals surface area contributed by atoms with Crippen molar-refractivity contribution < 1.29 is 4.79 Å². The van der Waals surface area contributed by atoms with Crippen LogP contribution in [-0.4, -0.2) is 37.5 Å². The fourth-order valence-corrected chi connectivity index (χ4v) is 6.51. The maximum absolute atomic E-state index is 13.4. The van der Waals surface area contributed by atoms with Crippen LogP contribution >= 0.6 is 23.2 Å². The number of amides is 1. The number of hydrogen-bond acceptors (Lipinski definition) is 2. The van der Waals surface area contributed by atoms with Gasteiger partial charge in [-0.2, -0.15) is 0 Å². The predicted molar refractivity (Wildman–Crippen MR) is 155 cm³/mol. The number of hydrogen-bond donors (Lipinski definition) is 1. The molecule has 3 nitrogen and oxygen atoms in total. The molecule has 0 saturated carbocycles. The van der Waals surface area contributed by atoms with Crippen molar-refractivity contribution in [1.82, 2.24) is 10.2 Å². The van der Waals surface area contributed by atoms with E-state index in [1.54, 1.807) is 0 Å². The zero-order valence-electron chi connectivity index (χ0n) is 21.6. The molecule has 1 aliphatic heterocycles. The molecular formula is C32H34Cl2N2O. The van der Waals surface area contributed by atoms with Crippen LogP contribution in [0.3, 0.4) is 0 Å². The number of fused-ring (bicyclic) bond motifs is 2. The fourth-order valence-electron chi connectivity index (χ4n) is 6.20. The van der Waals surface area contributed by atoms with Gasteiger partial charge in [0.25, 0.3) is 5.91 Å². The van der Waals surface area contributed by atoms with E-state index in [2.05, 4.69) is 41.7 Å². The number of benzene rings is 3. The van der Waals surface area contributed by atoms with Crippen LogP contribution < -0.4 is 5.32 Å². The Hall–Kier alpha value is -2.59. The van der Waals surface area contributed by atoms with Crippen molar-refractivity contribution in [3.05, 3.63) is 110 Å². The van der Waals surface area contributed by atoms with Gasteiger partial charge in [-0.05, 0) is 86.1 Å². The first-order valence-electron chi connectivity index (χ1n) is 13.2. The Labute approximate surface area is 230 Å². The Morgan fingerprint density at radius 2 is 1.73 bits per heavy atom. The van der Waals surface area contributed by atoms with E-state index in [0.29, 0.717) is 16.6 Å². The number of carbonyl (C=O) groups excluding carboxylic acids is 1. The Morgan fingerprint density at radius 3 is 2.49 bits per heavy atom. The summed E-state index contributed by atoms with van der Waals surface area (Å²) in [5, 5.41) is 4.66. The zero-order valence-corrected chi connectivity index (χ0v) is 23.1. The number of nitrogens with one attached hydrogen (secondary N) is 1. The molecule has 3 aromatic carbocycles. The maximum atomic E-state index is 13.4. The van der Waals surface area contributed by atoms with Crippen LogP contribution in [0.15, 0.2) is 72.3 Å². The first-order chi connectivity index (χ1) is 17.9. The summed E-state index contributed by atoms with van der Waals surface area (Å²) >= 11 is 12.7. The number of carbonyl (C=O) groups is 1. The second kappa shape index (κ2) is 11.0. The van der Waals surface area contributed by atoms with Crippen LogP contribution in [0.25, 0.3) is 6.08 Å². The Balaban J connectivity index is 1.41. The van der Waals surface area contributed by atoms with E-state index in [4.69, 9.17) is 23.2 Å². The molecule has 1 fully saturated rings. The van der Waals surface area contributed by atoms with Gasteiger partial charge in [-0.1, -0.05) is 83.4 Å². The van der Waals surface area contributed by atoms with Crippen molar-refractivity contribution in [2.45, 2.75) is 43.9 Å². The molecule has 3 aromatic rings. The first-order valence-corrected chi connectivity index (χ1v) is 13.9. The van der Waals surface area contributed by atoms with E-state index in [1.165, 1.54) is 16.7 Å². The number of aryl methyl sites for hydroxylation is 1. The van der Waals surface area contributed by atoms with Crippen LogP contribution in [0.2, 0.25) is 10.0 Å². The number of halogens is 2. The predicted octanol–water partition coefficient (Wildman–Crippen LogP) is 7.66. The van der Waals surface area contributed by atoms with Gasteiger partial charge in [0.15, 0.2) is 0 Å². The van der Waals surface area contributed by atoms with Gasteiger partial charge in [-0.3, -0.25) is 4.79 Å². The number of likely N-dealkylation sites (N-methyl/N-ethyl adjacent to an activating group) is 1. The van der Waals surface area contributed by atoms with E-state index in [1.807, 2.05) is 55.3 Å². The van der Waals surface area contributed by atoms with Gasteiger partial charge in [-0.25, -0.2) is 0 Å². The van der Waals surface area contributed by atoms with Crippen LogP contribution in [0.4, 0.5) is 0 Å². The molecule has 1 amide bonds. The lowest BCUT2D eigenvalue weighted by Gasteiger charge is -2.38. The smallest absolute Gasteiger partial charge is 0.253 e. The quantitative estimate of drug-likeness (QED) is 0.338. The molecule has 37 heavy (non-hydrogen) atoms. The molecule has 192 valence electrons. The lowest BCUT2D eigenvalue weighted by Crippen LogP contribution is -2.40. The number of allylic oxidation sites excluding steroid dienone is 1. The molecule has 0 radical (unpaired) electrons. The van der Waals surface area contributed by atoms with Crippen molar-refractivity contribution in [2.24, 2.45) is 0 Å². The third kappa shape index (κ3) is 5.23. The average Bonchev–Trinajstić information content (AvgIpc) is 3.20. The van der Waals surface area contributed by atoms with E-state index >= 15 is 0 Å². The summed E-state index contributed by atoms with van der Waals surface area (Å²) < 4.78 is 0. The minimum Gasteiger partial charge on any atom is -0.341 e. The molecule has 1 N–H and O–H groups in total. The van der Waals surface area contributed by atoms with E-state index in [-0.39, 0.29) is 17.2 Å². The Bertz CT molecular complexity index is 1330. The molecule has 1 atom stereocenters. The average molecular weight is 534 g/mol. The van der Waals surface area contributed by atoms with Crippen LogP contribution in [0.5, 0.6) is 0 Å². The second-order valence-electron chi connectivity index (χ2n) is 10.5. The second-order valence-corrected chi connectivity index (χ2v) is 11.3. The normalized spacial score (nSPS) is 16.8. The molecule has 0 unspecified atom stereocenters. The Kier molecular flexibility index (Phi) is 7.76. The minimum absolute atomic E-state index is 0.0467. The molecule has 1 aliphatic carbocycles. The molecule has 0 bridgehead atoms. The molecule has 1 spiro atoms. The monoisotopic (exact) mass is 532 g/mol. The summed E-state index contributed by atoms with van der Waals surface area (Å²) in [6.07, 6.45) is 6.58. The van der Waals surface area contributed by atoms with Gasteiger partial charge in [0.05, 0.1) is 10.0 Å². The SMILES string of the molecule is Cc1ccccc1C(=O)N(C)C[C@@H](CCC1=Cc2ccccc2C12CCNCC2)c1ccc(Cl)c(Cl)c1. The van der Waals surface area contributed by atoms with Crippen LogP contribution in [0.1, 0.15) is 64.2 Å². The minimum atomic E-state index is 0.0467. The summed E-state index contributed by atoms with van der Waals surface area (Å²) in [7, 11) is 1.90. The van der Waals surface area contributed by atoms with Crippen LogP contribution in [-0.2, 0) is 5.41 Å². The van der Waals surface area contributed by atoms with Gasteiger partial charge in [0.2, 0.25) is 0 Å². The molecule has 0 aromatic heterocycles. The fraction of sp³-hybridized carbons (Fsp3) is 0.344. The van der Waals surface area contributed by atoms with Gasteiger partial charge in [-0.15, -0.1) is 0 Å². The zero-order chi connectivity index (χ0) is 26.0. The third-order valence-electron chi connectivity index (χ3n) is 8.27. The van der Waals surface area contributed by atoms with E-state index < -0.39 is 0 Å². The molecule has 5 rings (SSSR count). The topological polar surface area (TPSA) is 32.3 Å². The van der Waals surface area contributed by atoms with Crippen molar-refractivity contribution in [3.8, 4) is 0 Å². The highest BCUT2D eigenvalue weighted by molar-refractivity contribution is 6.42. The van der Waals surface area contributed by atoms with E-state index in [9.17, 15) is 4.79 Å². The molecule has 2 aliphatic rings. The summed E-state index contributed by atoms with van der Waals surface area (Å²) in [6.45, 7) is 4.67. The summed E-state index contributed by atoms with van der Waals surface area (Å²) in [5.41, 5.74) is 7.34. The molecular weight excluding hydrogens is 499 g/mol. The largest absolute Gasteiger partial charge is 0.341 e. The maximum Gasteiger partial charge on any atom is 0.253 e. The highest BCUT2D eigenvalue weighted by Gasteiger charge is 2.41. The third-order valence-corrected chi connectivity index (χ3v) is 9.01. The van der Waals surface area contributed by atoms with Gasteiger partial charge in [0, 0.05) is 30.5 Å². The number of piperidine rings is 1. The summed E-state index contributed by atoms with van der Waals surface area (Å²) in [6, 6.07) is 22.6. The first kappa shape index (κ1) is 26.0. The van der Waals surface area contributed by atoms with Gasteiger partial charge >= 0.3 is 0 Å². The molecule has 1 heterocycles. The standard InChI is InChI=1S/C32H34Cl2N2O/c1-22-7-3-5-9-27(22)31(37)36(2)21-25(23-12-14-29(33)30(34)20-23)11-13-26-19-24-8-4-6-10-28(24)32(26)15-17-35-18-16-32/h3-10,12,14,19-20,25,35H,11,13,15-18,21H2,1-2H3/t25-/m1/s1. The lowest BCUT2D eigenvalue weighted by atomic mass is 9.69. The van der Waals surface area contributed by atoms with Crippen molar-refractivity contribution in [3.63, 3.8) is 0 Å². The van der Waals surface area contributed by atoms with Crippen molar-refractivity contribution in [2.75, 3.05) is 26.7 Å². The van der Waals surface area contributed by atoms with Gasteiger partial charge in [0.1, 0.15) is 0 Å². The molecule has 1 saturated heterocycles. The summed E-state index contributed by atoms with van der Waals surface area (Å²) in [4.78, 5) is 15.2. The number of rotatable bonds is 7. The van der Waals surface area contributed by atoms with E-state index in [0.717, 1.165) is 55.5 Å². The molecule has 5 heteroatoms. The van der Waals surface area contributed by atoms with Crippen LogP contribution in [0, 0.1) is 6.92 Å². The highest BCUT2D eigenvalue weighted by atomic mass is 35.5. The highest BCUT2D eigenvalue weighted by Crippen LogP contribution is 2.50. The Morgan fingerprint density at radius 1 is 1.00 bits per heavy atom. The lowest BCUT2D eigenvalue weighted by molar-refractivity contribution is 0.0784. The number of nitrogens with zero attached hydrogens (tertiary/aromatic N) is 1. The van der Waals surface area contributed by atoms with Crippen molar-refractivity contribution in [1.29, 1.82) is 0 Å². The van der Waals surface area contributed by atoms with Gasteiger partial charge < -0.3 is 10.2 Å². The summed E-state index contributed by atoms with van der Waals surface area (Å²) in [5.74, 6) is 0.182.